The largest absolute Gasteiger partial charge is 0.475 e. The Labute approximate surface area is 115 Å². The van der Waals surface area contributed by atoms with Gasteiger partial charge in [0, 0.05) is 6.42 Å². The summed E-state index contributed by atoms with van der Waals surface area (Å²) in [6, 6.07) is 0. The van der Waals surface area contributed by atoms with Gasteiger partial charge in [-0.25, -0.2) is 0 Å². The van der Waals surface area contributed by atoms with Crippen LogP contribution in [-0.4, -0.2) is 29.0 Å². The average Bonchev–Trinajstić information content (AvgIpc) is 3.16. The van der Waals surface area contributed by atoms with Crippen LogP contribution >= 0.6 is 0 Å². The molecule has 1 rings (SSSR count). The van der Waals surface area contributed by atoms with Gasteiger partial charge in [0.2, 0.25) is 5.91 Å². The molecule has 104 valence electrons. The lowest BCUT2D eigenvalue weighted by Gasteiger charge is -2.17. The SMILES string of the molecule is C=CC=CC=CCCC(=O)NC(CC1CC1)B(O)O. The third kappa shape index (κ3) is 7.64. The fraction of sp³-hybridized carbons (Fsp3) is 0.500. The van der Waals surface area contributed by atoms with Gasteiger partial charge in [-0.2, -0.15) is 0 Å². The Balaban J connectivity index is 2.21. The number of nitrogens with one attached hydrogen (secondary N) is 1. The number of amides is 1. The molecule has 0 aromatic carbocycles. The van der Waals surface area contributed by atoms with Crippen molar-refractivity contribution in [2.24, 2.45) is 5.92 Å². The van der Waals surface area contributed by atoms with E-state index in [0.29, 0.717) is 25.2 Å². The van der Waals surface area contributed by atoms with E-state index in [1.807, 2.05) is 24.3 Å². The fourth-order valence-electron chi connectivity index (χ4n) is 1.78. The zero-order valence-electron chi connectivity index (χ0n) is 11.2. The molecule has 0 aliphatic heterocycles. The predicted molar refractivity (Wildman–Crippen MR) is 77.2 cm³/mol. The Bertz CT molecular complexity index is 349. The first-order valence-corrected chi connectivity index (χ1v) is 6.73. The highest BCUT2D eigenvalue weighted by atomic mass is 16.4. The van der Waals surface area contributed by atoms with Gasteiger partial charge in [0.15, 0.2) is 0 Å². The van der Waals surface area contributed by atoms with Gasteiger partial charge in [-0.3, -0.25) is 4.79 Å². The third-order valence-corrected chi connectivity index (χ3v) is 3.02. The van der Waals surface area contributed by atoms with Crippen LogP contribution in [0.3, 0.4) is 0 Å². The van der Waals surface area contributed by atoms with E-state index in [0.717, 1.165) is 12.8 Å². The van der Waals surface area contributed by atoms with Crippen LogP contribution < -0.4 is 5.32 Å². The number of hydrogen-bond donors (Lipinski definition) is 3. The van der Waals surface area contributed by atoms with Gasteiger partial charge < -0.3 is 15.4 Å². The van der Waals surface area contributed by atoms with Crippen molar-refractivity contribution in [1.29, 1.82) is 0 Å². The summed E-state index contributed by atoms with van der Waals surface area (Å²) in [5, 5.41) is 21.1. The molecular weight excluding hydrogens is 241 g/mol. The van der Waals surface area contributed by atoms with E-state index < -0.39 is 13.1 Å². The molecule has 1 aliphatic rings. The topological polar surface area (TPSA) is 69.6 Å². The second-order valence-corrected chi connectivity index (χ2v) is 4.85. The first-order valence-electron chi connectivity index (χ1n) is 6.73. The summed E-state index contributed by atoms with van der Waals surface area (Å²) in [7, 11) is -1.48. The molecule has 4 nitrogen and oxygen atoms in total. The van der Waals surface area contributed by atoms with Crippen molar-refractivity contribution >= 4 is 13.0 Å². The van der Waals surface area contributed by atoms with Crippen LogP contribution in [0.2, 0.25) is 0 Å². The lowest BCUT2D eigenvalue weighted by molar-refractivity contribution is -0.121. The minimum absolute atomic E-state index is 0.142. The van der Waals surface area contributed by atoms with Gasteiger partial charge in [0.1, 0.15) is 0 Å². The van der Waals surface area contributed by atoms with Crippen LogP contribution in [0.1, 0.15) is 32.1 Å². The quantitative estimate of drug-likeness (QED) is 0.434. The van der Waals surface area contributed by atoms with Crippen LogP contribution in [0.4, 0.5) is 0 Å². The van der Waals surface area contributed by atoms with Crippen molar-refractivity contribution in [3.8, 4) is 0 Å². The Morgan fingerprint density at radius 1 is 1.37 bits per heavy atom. The maximum atomic E-state index is 11.6. The van der Waals surface area contributed by atoms with E-state index >= 15 is 0 Å². The lowest BCUT2D eigenvalue weighted by Crippen LogP contribution is -2.46. The van der Waals surface area contributed by atoms with Crippen LogP contribution in [-0.2, 0) is 4.79 Å². The lowest BCUT2D eigenvalue weighted by atomic mass is 9.76. The Morgan fingerprint density at radius 2 is 2.11 bits per heavy atom. The molecule has 1 fully saturated rings. The molecule has 0 radical (unpaired) electrons. The van der Waals surface area contributed by atoms with Gasteiger partial charge in [0.25, 0.3) is 0 Å². The zero-order chi connectivity index (χ0) is 14.1. The summed E-state index contributed by atoms with van der Waals surface area (Å²) in [4.78, 5) is 11.6. The zero-order valence-corrected chi connectivity index (χ0v) is 11.2. The molecule has 1 saturated carbocycles. The van der Waals surface area contributed by atoms with E-state index in [1.165, 1.54) is 0 Å². The summed E-state index contributed by atoms with van der Waals surface area (Å²) in [6.45, 7) is 3.55. The second-order valence-electron chi connectivity index (χ2n) is 4.85. The third-order valence-electron chi connectivity index (χ3n) is 3.02. The molecule has 0 bridgehead atoms. The van der Waals surface area contributed by atoms with Gasteiger partial charge in [0.05, 0.1) is 5.94 Å². The summed E-state index contributed by atoms with van der Waals surface area (Å²) in [5.74, 6) is -0.142. The molecule has 1 amide bonds. The molecule has 3 N–H and O–H groups in total. The first kappa shape index (κ1) is 15.7. The maximum Gasteiger partial charge on any atom is 0.475 e. The summed E-state index contributed by atoms with van der Waals surface area (Å²) in [6.07, 6.45) is 13.0. The highest BCUT2D eigenvalue weighted by Gasteiger charge is 2.32. The molecule has 0 saturated heterocycles. The van der Waals surface area contributed by atoms with Crippen molar-refractivity contribution in [2.45, 2.75) is 38.0 Å². The van der Waals surface area contributed by atoms with Crippen LogP contribution in [0.5, 0.6) is 0 Å². The van der Waals surface area contributed by atoms with E-state index in [-0.39, 0.29) is 5.91 Å². The van der Waals surface area contributed by atoms with Crippen molar-refractivity contribution in [3.63, 3.8) is 0 Å². The van der Waals surface area contributed by atoms with E-state index in [9.17, 15) is 14.8 Å². The van der Waals surface area contributed by atoms with Crippen LogP contribution in [0, 0.1) is 5.92 Å². The Morgan fingerprint density at radius 3 is 2.68 bits per heavy atom. The standard InChI is InChI=1S/C14H22BNO3/c1-2-3-4-5-6-7-8-14(17)16-13(15(18)19)11-12-9-10-12/h2-6,12-13,18-19H,1,7-11H2,(H,16,17). The number of hydrogen-bond acceptors (Lipinski definition) is 3. The van der Waals surface area contributed by atoms with Gasteiger partial charge >= 0.3 is 7.12 Å². The van der Waals surface area contributed by atoms with Crippen LogP contribution in [0.25, 0.3) is 0 Å². The number of allylic oxidation sites excluding steroid dienone is 5. The Hall–Kier alpha value is -1.33. The molecule has 19 heavy (non-hydrogen) atoms. The average molecular weight is 263 g/mol. The summed E-state index contributed by atoms with van der Waals surface area (Å²) >= 11 is 0. The smallest absolute Gasteiger partial charge is 0.426 e. The molecule has 1 aliphatic carbocycles. The monoisotopic (exact) mass is 263 g/mol. The molecule has 5 heteroatoms. The summed E-state index contributed by atoms with van der Waals surface area (Å²) < 4.78 is 0. The van der Waals surface area contributed by atoms with Crippen molar-refractivity contribution in [1.82, 2.24) is 5.32 Å². The van der Waals surface area contributed by atoms with Crippen molar-refractivity contribution in [2.75, 3.05) is 0 Å². The number of carbonyl (C=O) groups is 1. The molecule has 0 spiro atoms. The van der Waals surface area contributed by atoms with E-state index in [4.69, 9.17) is 0 Å². The fourth-order valence-corrected chi connectivity index (χ4v) is 1.78. The highest BCUT2D eigenvalue weighted by molar-refractivity contribution is 6.43. The summed E-state index contributed by atoms with van der Waals surface area (Å²) in [5.41, 5.74) is 0. The molecule has 0 aromatic rings. The minimum Gasteiger partial charge on any atom is -0.426 e. The van der Waals surface area contributed by atoms with E-state index in [2.05, 4.69) is 11.9 Å². The number of carbonyl (C=O) groups excluding carboxylic acids is 1. The van der Waals surface area contributed by atoms with E-state index in [1.54, 1.807) is 6.08 Å². The molecular formula is C14H22BNO3. The van der Waals surface area contributed by atoms with Gasteiger partial charge in [-0.05, 0) is 18.8 Å². The van der Waals surface area contributed by atoms with Crippen LogP contribution in [0.15, 0.2) is 37.0 Å². The first-order chi connectivity index (χ1) is 9.13. The molecule has 1 atom stereocenters. The second kappa shape index (κ2) is 8.72. The predicted octanol–water partition coefficient (Wildman–Crippen LogP) is 1.36. The van der Waals surface area contributed by atoms with Gasteiger partial charge in [-0.1, -0.05) is 49.8 Å². The Kier molecular flexibility index (Phi) is 7.22. The number of rotatable bonds is 9. The van der Waals surface area contributed by atoms with Crippen molar-refractivity contribution < 1.29 is 14.8 Å². The van der Waals surface area contributed by atoms with Crippen molar-refractivity contribution in [3.05, 3.63) is 37.0 Å². The molecule has 0 heterocycles. The van der Waals surface area contributed by atoms with Gasteiger partial charge in [-0.15, -0.1) is 0 Å². The minimum atomic E-state index is -1.48. The molecule has 0 aromatic heterocycles. The normalized spacial score (nSPS) is 16.7. The maximum absolute atomic E-state index is 11.6. The molecule has 1 unspecified atom stereocenters. The highest BCUT2D eigenvalue weighted by Crippen LogP contribution is 2.33.